The summed E-state index contributed by atoms with van der Waals surface area (Å²) in [5, 5.41) is 13.2. The molecule has 0 unspecified atom stereocenters. The molecule has 3 aliphatic heterocycles. The molecule has 0 radical (unpaired) electrons. The normalized spacial score (nSPS) is 24.5. The summed E-state index contributed by atoms with van der Waals surface area (Å²) in [6.45, 7) is 10.7. The van der Waals surface area contributed by atoms with Crippen molar-refractivity contribution in [1.29, 1.82) is 0 Å². The van der Waals surface area contributed by atoms with Gasteiger partial charge in [-0.1, -0.05) is 13.8 Å². The fourth-order valence-electron chi connectivity index (χ4n) is 5.04. The Morgan fingerprint density at radius 3 is 2.39 bits per heavy atom. The highest BCUT2D eigenvalue weighted by Gasteiger charge is 2.57. The fourth-order valence-corrected chi connectivity index (χ4v) is 5.62. The standard InChI is InChI=1S/C19H28N4O2S.C2HF3O2/c1-12(2)8-22-9-14-15(10-22)19(21-17(14)24)4-6-23(7-5-19)18(25)16-11-26-13(3)20-16;3-2(4,5)1(6)7/h11-12,14-15H,4-10H2,1-3H3,(H,21,24);(H,6,7)/t14-,15+;/m1./s1. The van der Waals surface area contributed by atoms with Crippen LogP contribution in [0, 0.1) is 24.7 Å². The molecular formula is C21H29F3N4O4S. The zero-order valence-electron chi connectivity index (χ0n) is 18.8. The first-order valence-electron chi connectivity index (χ1n) is 10.9. The van der Waals surface area contributed by atoms with E-state index in [0.717, 1.165) is 37.5 Å². The maximum absolute atomic E-state index is 12.7. The summed E-state index contributed by atoms with van der Waals surface area (Å²) in [6, 6.07) is 0. The van der Waals surface area contributed by atoms with Crippen molar-refractivity contribution >= 4 is 29.1 Å². The molecule has 1 aromatic heterocycles. The Kier molecular flexibility index (Phi) is 7.37. The van der Waals surface area contributed by atoms with Crippen molar-refractivity contribution < 1.29 is 32.7 Å². The lowest BCUT2D eigenvalue weighted by atomic mass is 9.75. The lowest BCUT2D eigenvalue weighted by Crippen LogP contribution is -2.56. The van der Waals surface area contributed by atoms with E-state index >= 15 is 0 Å². The Bertz CT molecular complexity index is 896. The molecule has 2 amide bonds. The van der Waals surface area contributed by atoms with Crippen LogP contribution < -0.4 is 5.32 Å². The summed E-state index contributed by atoms with van der Waals surface area (Å²) >= 11 is 1.51. The number of aromatic nitrogens is 1. The van der Waals surface area contributed by atoms with Crippen LogP contribution >= 0.6 is 11.3 Å². The van der Waals surface area contributed by atoms with Gasteiger partial charge >= 0.3 is 12.1 Å². The number of nitrogens with zero attached hydrogens (tertiary/aromatic N) is 3. The number of halogens is 3. The predicted molar refractivity (Wildman–Crippen MR) is 115 cm³/mol. The van der Waals surface area contributed by atoms with Crippen molar-refractivity contribution in [2.24, 2.45) is 17.8 Å². The Labute approximate surface area is 194 Å². The van der Waals surface area contributed by atoms with Gasteiger partial charge in [-0.05, 0) is 25.7 Å². The second-order valence-electron chi connectivity index (χ2n) is 9.32. The highest BCUT2D eigenvalue weighted by Crippen LogP contribution is 2.44. The van der Waals surface area contributed by atoms with E-state index < -0.39 is 12.1 Å². The third-order valence-electron chi connectivity index (χ3n) is 6.46. The number of rotatable bonds is 3. The SMILES string of the molecule is Cc1nc(C(=O)N2CCC3(CC2)NC(=O)[C@@H]2CN(CC(C)C)C[C@@H]23)cs1.O=C(O)C(F)(F)F. The molecule has 2 atom stereocenters. The van der Waals surface area contributed by atoms with Crippen molar-refractivity contribution in [3.8, 4) is 0 Å². The van der Waals surface area contributed by atoms with Gasteiger partial charge in [-0.15, -0.1) is 11.3 Å². The minimum Gasteiger partial charge on any atom is -0.475 e. The highest BCUT2D eigenvalue weighted by molar-refractivity contribution is 7.09. The molecule has 0 aliphatic carbocycles. The average molecular weight is 491 g/mol. The molecule has 12 heteroatoms. The number of carboxylic acids is 1. The summed E-state index contributed by atoms with van der Waals surface area (Å²) in [5.41, 5.74) is 0.433. The summed E-state index contributed by atoms with van der Waals surface area (Å²) in [6.07, 6.45) is -3.38. The van der Waals surface area contributed by atoms with Gasteiger partial charge in [0.1, 0.15) is 5.69 Å². The van der Waals surface area contributed by atoms with Gasteiger partial charge in [-0.3, -0.25) is 9.59 Å². The lowest BCUT2D eigenvalue weighted by Gasteiger charge is -2.42. The van der Waals surface area contributed by atoms with E-state index in [9.17, 15) is 22.8 Å². The first-order chi connectivity index (χ1) is 15.3. The third kappa shape index (κ3) is 5.65. The molecular weight excluding hydrogens is 461 g/mol. The van der Waals surface area contributed by atoms with Gasteiger partial charge in [-0.25, -0.2) is 9.78 Å². The van der Waals surface area contributed by atoms with Gasteiger partial charge in [-0.2, -0.15) is 13.2 Å². The molecule has 3 saturated heterocycles. The van der Waals surface area contributed by atoms with Crippen molar-refractivity contribution in [3.05, 3.63) is 16.1 Å². The topological polar surface area (TPSA) is 103 Å². The number of fused-ring (bicyclic) bond motifs is 2. The zero-order valence-corrected chi connectivity index (χ0v) is 19.6. The minimum absolute atomic E-state index is 0.0259. The molecule has 33 heavy (non-hydrogen) atoms. The molecule has 0 saturated carbocycles. The summed E-state index contributed by atoms with van der Waals surface area (Å²) in [4.78, 5) is 42.8. The number of carboxylic acid groups (broad SMARTS) is 1. The molecule has 2 N–H and O–H groups in total. The molecule has 3 aliphatic rings. The van der Waals surface area contributed by atoms with Crippen LogP contribution in [0.5, 0.6) is 0 Å². The van der Waals surface area contributed by atoms with Crippen LogP contribution in [0.15, 0.2) is 5.38 Å². The largest absolute Gasteiger partial charge is 0.490 e. The zero-order chi connectivity index (χ0) is 24.6. The Hall–Kier alpha value is -2.21. The number of carbonyl (C=O) groups excluding carboxylic acids is 2. The predicted octanol–water partition coefficient (Wildman–Crippen LogP) is 2.39. The molecule has 184 valence electrons. The summed E-state index contributed by atoms with van der Waals surface area (Å²) in [7, 11) is 0. The van der Waals surface area contributed by atoms with Crippen LogP contribution in [0.1, 0.15) is 42.2 Å². The lowest BCUT2D eigenvalue weighted by molar-refractivity contribution is -0.192. The molecule has 8 nitrogen and oxygen atoms in total. The van der Waals surface area contributed by atoms with E-state index in [1.165, 1.54) is 11.3 Å². The minimum atomic E-state index is -5.08. The maximum Gasteiger partial charge on any atom is 0.490 e. The Morgan fingerprint density at radius 2 is 1.91 bits per heavy atom. The Morgan fingerprint density at radius 1 is 1.30 bits per heavy atom. The van der Waals surface area contributed by atoms with E-state index in [4.69, 9.17) is 9.90 Å². The van der Waals surface area contributed by atoms with Crippen LogP contribution in [0.3, 0.4) is 0 Å². The van der Waals surface area contributed by atoms with Gasteiger partial charge in [0, 0.05) is 49.6 Å². The monoisotopic (exact) mass is 490 g/mol. The van der Waals surface area contributed by atoms with Gasteiger partial charge in [0.05, 0.1) is 10.9 Å². The number of thiazole rings is 1. The molecule has 4 heterocycles. The van der Waals surface area contributed by atoms with Crippen LogP contribution in [-0.2, 0) is 9.59 Å². The molecule has 1 spiro atoms. The van der Waals surface area contributed by atoms with E-state index in [-0.39, 0.29) is 23.3 Å². The number of amides is 2. The van der Waals surface area contributed by atoms with E-state index in [0.29, 0.717) is 30.6 Å². The van der Waals surface area contributed by atoms with Gasteiger partial charge in [0.2, 0.25) is 5.91 Å². The van der Waals surface area contributed by atoms with Crippen molar-refractivity contribution in [1.82, 2.24) is 20.1 Å². The number of hydrogen-bond donors (Lipinski definition) is 2. The summed E-state index contributed by atoms with van der Waals surface area (Å²) in [5.74, 6) is -1.39. The second-order valence-corrected chi connectivity index (χ2v) is 10.4. The molecule has 4 rings (SSSR count). The number of alkyl halides is 3. The third-order valence-corrected chi connectivity index (χ3v) is 7.23. The molecule has 3 fully saturated rings. The van der Waals surface area contributed by atoms with Crippen LogP contribution in [0.25, 0.3) is 0 Å². The van der Waals surface area contributed by atoms with Crippen molar-refractivity contribution in [3.63, 3.8) is 0 Å². The molecule has 1 aromatic rings. The first kappa shape index (κ1) is 25.4. The van der Waals surface area contributed by atoms with Crippen molar-refractivity contribution in [2.45, 2.75) is 45.3 Å². The van der Waals surface area contributed by atoms with E-state index in [1.54, 1.807) is 0 Å². The quantitative estimate of drug-likeness (QED) is 0.675. The smallest absolute Gasteiger partial charge is 0.475 e. The maximum atomic E-state index is 12.7. The van der Waals surface area contributed by atoms with E-state index in [2.05, 4.69) is 29.0 Å². The van der Waals surface area contributed by atoms with Gasteiger partial charge in [0.25, 0.3) is 5.91 Å². The molecule has 0 bridgehead atoms. The number of aliphatic carboxylic acids is 1. The number of carbonyl (C=O) groups is 3. The first-order valence-corrected chi connectivity index (χ1v) is 11.8. The van der Waals surface area contributed by atoms with Crippen molar-refractivity contribution in [2.75, 3.05) is 32.7 Å². The highest BCUT2D eigenvalue weighted by atomic mass is 32.1. The number of likely N-dealkylation sites (tertiary alicyclic amines) is 2. The number of aryl methyl sites for hydroxylation is 1. The fraction of sp³-hybridized carbons (Fsp3) is 0.714. The average Bonchev–Trinajstić information content (AvgIpc) is 3.39. The van der Waals surface area contributed by atoms with E-state index in [1.807, 2.05) is 17.2 Å². The van der Waals surface area contributed by atoms with Gasteiger partial charge in [0.15, 0.2) is 0 Å². The molecule has 0 aromatic carbocycles. The Balaban J connectivity index is 0.000000383. The number of nitrogens with one attached hydrogen (secondary N) is 1. The summed E-state index contributed by atoms with van der Waals surface area (Å²) < 4.78 is 31.7. The van der Waals surface area contributed by atoms with Gasteiger partial charge < -0.3 is 20.2 Å². The van der Waals surface area contributed by atoms with Crippen LogP contribution in [0.4, 0.5) is 13.2 Å². The van der Waals surface area contributed by atoms with Crippen LogP contribution in [0.2, 0.25) is 0 Å². The second kappa shape index (κ2) is 9.57. The number of hydrogen-bond acceptors (Lipinski definition) is 6. The number of piperidine rings is 1. The van der Waals surface area contributed by atoms with Crippen LogP contribution in [-0.4, -0.2) is 82.1 Å².